The maximum Gasteiger partial charge on any atom is 0.106 e. The third kappa shape index (κ3) is 3.58. The van der Waals surface area contributed by atoms with E-state index in [-0.39, 0.29) is 0 Å². The van der Waals surface area contributed by atoms with E-state index in [2.05, 4.69) is 20.9 Å². The van der Waals surface area contributed by atoms with Crippen LogP contribution >= 0.6 is 15.9 Å². The van der Waals surface area contributed by atoms with E-state index >= 15 is 0 Å². The summed E-state index contributed by atoms with van der Waals surface area (Å²) in [6.07, 6.45) is 6.89. The lowest BCUT2D eigenvalue weighted by Crippen LogP contribution is -2.16. The van der Waals surface area contributed by atoms with Crippen LogP contribution in [-0.2, 0) is 11.3 Å². The Labute approximate surface area is 99.2 Å². The van der Waals surface area contributed by atoms with Gasteiger partial charge in [0.2, 0.25) is 0 Å². The van der Waals surface area contributed by atoms with Crippen LogP contribution in [0.15, 0.2) is 22.8 Å². The Balaban J connectivity index is 1.81. The third-order valence-corrected chi connectivity index (χ3v) is 3.23. The molecule has 0 spiro atoms. The molecule has 1 aliphatic carbocycles. The Kier molecular flexibility index (Phi) is 4.15. The molecule has 0 unspecified atom stereocenters. The molecule has 0 N–H and O–H groups in total. The monoisotopic (exact) mass is 269 g/mol. The summed E-state index contributed by atoms with van der Waals surface area (Å²) in [6.45, 7) is 0.643. The summed E-state index contributed by atoms with van der Waals surface area (Å²) in [6, 6.07) is 5.94. The van der Waals surface area contributed by atoms with Crippen LogP contribution in [0.2, 0.25) is 0 Å². The van der Waals surface area contributed by atoms with Crippen molar-refractivity contribution in [2.75, 3.05) is 0 Å². The van der Waals surface area contributed by atoms with E-state index in [1.165, 1.54) is 32.1 Å². The highest BCUT2D eigenvalue weighted by molar-refractivity contribution is 9.10. The molecule has 1 saturated carbocycles. The molecular formula is C12H16BrNO. The molecule has 0 aromatic carbocycles. The van der Waals surface area contributed by atoms with Crippen molar-refractivity contribution in [2.24, 2.45) is 0 Å². The van der Waals surface area contributed by atoms with Crippen molar-refractivity contribution in [2.45, 2.75) is 44.8 Å². The molecule has 1 aliphatic rings. The summed E-state index contributed by atoms with van der Waals surface area (Å²) < 4.78 is 6.72. The van der Waals surface area contributed by atoms with Crippen molar-refractivity contribution < 1.29 is 4.74 Å². The van der Waals surface area contributed by atoms with Gasteiger partial charge in [-0.1, -0.05) is 25.3 Å². The number of ether oxygens (including phenoxy) is 1. The molecule has 82 valence electrons. The van der Waals surface area contributed by atoms with Crippen molar-refractivity contribution in [1.82, 2.24) is 4.98 Å². The number of halogens is 1. The molecule has 0 radical (unpaired) electrons. The van der Waals surface area contributed by atoms with Gasteiger partial charge in [-0.3, -0.25) is 0 Å². The molecule has 1 aromatic rings. The number of hydrogen-bond acceptors (Lipinski definition) is 2. The molecule has 2 nitrogen and oxygen atoms in total. The van der Waals surface area contributed by atoms with Gasteiger partial charge in [-0.15, -0.1) is 0 Å². The lowest BCUT2D eigenvalue weighted by Gasteiger charge is -2.21. The van der Waals surface area contributed by atoms with Gasteiger partial charge in [-0.2, -0.15) is 0 Å². The largest absolute Gasteiger partial charge is 0.372 e. The van der Waals surface area contributed by atoms with Gasteiger partial charge in [0, 0.05) is 0 Å². The SMILES string of the molecule is Brc1cccc(COC2CCCCC2)n1. The van der Waals surface area contributed by atoms with Gasteiger partial charge in [0.05, 0.1) is 18.4 Å². The highest BCUT2D eigenvalue weighted by Gasteiger charge is 2.13. The average Bonchev–Trinajstić information content (AvgIpc) is 2.28. The first-order valence-corrected chi connectivity index (χ1v) is 6.37. The van der Waals surface area contributed by atoms with Crippen LogP contribution in [0.4, 0.5) is 0 Å². The second kappa shape index (κ2) is 5.61. The minimum atomic E-state index is 0.458. The molecule has 1 fully saturated rings. The maximum absolute atomic E-state index is 5.84. The van der Waals surface area contributed by atoms with E-state index in [4.69, 9.17) is 4.74 Å². The first-order chi connectivity index (χ1) is 7.34. The summed E-state index contributed by atoms with van der Waals surface area (Å²) in [5, 5.41) is 0. The van der Waals surface area contributed by atoms with Crippen LogP contribution in [-0.4, -0.2) is 11.1 Å². The van der Waals surface area contributed by atoms with Gasteiger partial charge >= 0.3 is 0 Å². The number of rotatable bonds is 3. The predicted molar refractivity (Wildman–Crippen MR) is 63.6 cm³/mol. The summed E-state index contributed by atoms with van der Waals surface area (Å²) in [5.41, 5.74) is 1.01. The van der Waals surface area contributed by atoms with E-state index in [0.29, 0.717) is 12.7 Å². The van der Waals surface area contributed by atoms with Gasteiger partial charge in [0.15, 0.2) is 0 Å². The van der Waals surface area contributed by atoms with E-state index in [1.54, 1.807) is 0 Å². The van der Waals surface area contributed by atoms with Gasteiger partial charge in [0.1, 0.15) is 4.60 Å². The van der Waals surface area contributed by atoms with Crippen LogP contribution in [0.25, 0.3) is 0 Å². The van der Waals surface area contributed by atoms with Gasteiger partial charge in [0.25, 0.3) is 0 Å². The van der Waals surface area contributed by atoms with Crippen LogP contribution in [0, 0.1) is 0 Å². The molecule has 2 rings (SSSR count). The van der Waals surface area contributed by atoms with Gasteiger partial charge in [-0.25, -0.2) is 4.98 Å². The van der Waals surface area contributed by atoms with Crippen molar-refractivity contribution in [3.05, 3.63) is 28.5 Å². The fourth-order valence-electron chi connectivity index (χ4n) is 1.97. The Morgan fingerprint density at radius 3 is 2.80 bits per heavy atom. The Morgan fingerprint density at radius 2 is 2.07 bits per heavy atom. The zero-order valence-electron chi connectivity index (χ0n) is 8.79. The molecule has 0 bridgehead atoms. The zero-order valence-corrected chi connectivity index (χ0v) is 10.4. The lowest BCUT2D eigenvalue weighted by atomic mass is 9.98. The van der Waals surface area contributed by atoms with Crippen molar-refractivity contribution in [3.8, 4) is 0 Å². The van der Waals surface area contributed by atoms with Crippen LogP contribution < -0.4 is 0 Å². The first kappa shape index (κ1) is 11.1. The number of aromatic nitrogens is 1. The Morgan fingerprint density at radius 1 is 1.27 bits per heavy atom. The topological polar surface area (TPSA) is 22.1 Å². The predicted octanol–water partition coefficient (Wildman–Crippen LogP) is 3.69. The van der Waals surface area contributed by atoms with Crippen molar-refractivity contribution in [3.63, 3.8) is 0 Å². The van der Waals surface area contributed by atoms with Crippen LogP contribution in [0.1, 0.15) is 37.8 Å². The number of nitrogens with zero attached hydrogens (tertiary/aromatic N) is 1. The molecule has 0 saturated heterocycles. The van der Waals surface area contributed by atoms with Gasteiger partial charge < -0.3 is 4.74 Å². The second-order valence-electron chi connectivity index (χ2n) is 4.02. The summed E-state index contributed by atoms with van der Waals surface area (Å²) in [4.78, 5) is 4.35. The molecule has 3 heteroatoms. The average molecular weight is 270 g/mol. The fraction of sp³-hybridized carbons (Fsp3) is 0.583. The molecule has 1 heterocycles. The van der Waals surface area contributed by atoms with Gasteiger partial charge in [-0.05, 0) is 40.9 Å². The minimum Gasteiger partial charge on any atom is -0.372 e. The molecule has 0 aliphatic heterocycles. The summed E-state index contributed by atoms with van der Waals surface area (Å²) >= 11 is 3.36. The smallest absolute Gasteiger partial charge is 0.106 e. The van der Waals surface area contributed by atoms with Crippen molar-refractivity contribution >= 4 is 15.9 Å². The minimum absolute atomic E-state index is 0.458. The fourth-order valence-corrected chi connectivity index (χ4v) is 2.35. The summed E-state index contributed by atoms with van der Waals surface area (Å²) in [7, 11) is 0. The van der Waals surface area contributed by atoms with E-state index in [0.717, 1.165) is 10.3 Å². The Hall–Kier alpha value is -0.410. The van der Waals surface area contributed by atoms with Crippen molar-refractivity contribution in [1.29, 1.82) is 0 Å². The summed E-state index contributed by atoms with van der Waals surface area (Å²) in [5.74, 6) is 0. The van der Waals surface area contributed by atoms with E-state index < -0.39 is 0 Å². The third-order valence-electron chi connectivity index (χ3n) is 2.79. The lowest BCUT2D eigenvalue weighted by molar-refractivity contribution is 0.0152. The Bertz CT molecular complexity index is 310. The maximum atomic E-state index is 5.84. The standard InChI is InChI=1S/C12H16BrNO/c13-12-8-4-5-10(14-12)9-15-11-6-2-1-3-7-11/h4-5,8,11H,1-3,6-7,9H2. The number of hydrogen-bond donors (Lipinski definition) is 0. The zero-order chi connectivity index (χ0) is 10.5. The molecule has 15 heavy (non-hydrogen) atoms. The highest BCUT2D eigenvalue weighted by Crippen LogP contribution is 2.21. The molecular weight excluding hydrogens is 254 g/mol. The van der Waals surface area contributed by atoms with E-state index in [1.807, 2.05) is 18.2 Å². The number of pyridine rings is 1. The second-order valence-corrected chi connectivity index (χ2v) is 4.84. The normalized spacial score (nSPS) is 17.9. The van der Waals surface area contributed by atoms with Crippen LogP contribution in [0.3, 0.4) is 0 Å². The highest BCUT2D eigenvalue weighted by atomic mass is 79.9. The first-order valence-electron chi connectivity index (χ1n) is 5.57. The van der Waals surface area contributed by atoms with Crippen LogP contribution in [0.5, 0.6) is 0 Å². The quantitative estimate of drug-likeness (QED) is 0.781. The van der Waals surface area contributed by atoms with E-state index in [9.17, 15) is 0 Å². The molecule has 0 atom stereocenters. The molecule has 1 aromatic heterocycles. The molecule has 0 amide bonds.